The number of pyridine rings is 1. The fourth-order valence-corrected chi connectivity index (χ4v) is 3.37. The van der Waals surface area contributed by atoms with Gasteiger partial charge in [0.1, 0.15) is 11.1 Å². The van der Waals surface area contributed by atoms with Crippen LogP contribution in [-0.4, -0.2) is 31.1 Å². The fourth-order valence-electron chi connectivity index (χ4n) is 1.81. The number of nitrogens with zero attached hydrogens (tertiary/aromatic N) is 1. The van der Waals surface area contributed by atoms with Crippen LogP contribution in [0.15, 0.2) is 28.7 Å². The molecule has 7 heteroatoms. The van der Waals surface area contributed by atoms with Crippen molar-refractivity contribution in [2.75, 3.05) is 20.2 Å². The molecule has 0 fully saturated rings. The van der Waals surface area contributed by atoms with E-state index in [1.807, 2.05) is 0 Å². The van der Waals surface area contributed by atoms with E-state index in [0.29, 0.717) is 21.6 Å². The highest BCUT2D eigenvalue weighted by molar-refractivity contribution is 9.10. The van der Waals surface area contributed by atoms with Crippen molar-refractivity contribution in [2.24, 2.45) is 0 Å². The summed E-state index contributed by atoms with van der Waals surface area (Å²) in [6.45, 7) is 0. The highest BCUT2D eigenvalue weighted by Gasteiger charge is 2.26. The Balaban J connectivity index is 2.50. The van der Waals surface area contributed by atoms with Crippen LogP contribution >= 0.6 is 27.7 Å². The molecule has 0 N–H and O–H groups in total. The van der Waals surface area contributed by atoms with Gasteiger partial charge in [0, 0.05) is 23.0 Å². The Morgan fingerprint density at radius 2 is 2.19 bits per heavy atom. The van der Waals surface area contributed by atoms with Gasteiger partial charge in [-0.05, 0) is 34.1 Å². The van der Waals surface area contributed by atoms with Gasteiger partial charge in [-0.1, -0.05) is 0 Å². The number of ether oxygens (including phenoxy) is 2. The van der Waals surface area contributed by atoms with E-state index in [1.165, 1.54) is 31.0 Å². The Bertz CT molecular complexity index is 668. The number of benzene rings is 1. The van der Waals surface area contributed by atoms with E-state index in [0.717, 1.165) is 5.39 Å². The van der Waals surface area contributed by atoms with E-state index in [1.54, 1.807) is 19.2 Å². The SMILES string of the molecule is COCSC(C(=O)OC)c1nc2cc(F)ccc2cc1Br. The molecule has 0 aliphatic heterocycles. The highest BCUT2D eigenvalue weighted by Crippen LogP contribution is 2.35. The Labute approximate surface area is 134 Å². The van der Waals surface area contributed by atoms with Crippen molar-refractivity contribution in [1.82, 2.24) is 4.98 Å². The monoisotopic (exact) mass is 373 g/mol. The summed E-state index contributed by atoms with van der Waals surface area (Å²) in [4.78, 5) is 16.3. The van der Waals surface area contributed by atoms with E-state index < -0.39 is 11.2 Å². The van der Waals surface area contributed by atoms with Gasteiger partial charge in [0.2, 0.25) is 0 Å². The van der Waals surface area contributed by atoms with E-state index in [9.17, 15) is 9.18 Å². The smallest absolute Gasteiger partial charge is 0.325 e. The van der Waals surface area contributed by atoms with Gasteiger partial charge in [0.15, 0.2) is 0 Å². The number of hydrogen-bond acceptors (Lipinski definition) is 5. The number of halogens is 2. The molecule has 112 valence electrons. The Morgan fingerprint density at radius 1 is 1.43 bits per heavy atom. The summed E-state index contributed by atoms with van der Waals surface area (Å²) in [5.74, 6) is -0.488. The minimum absolute atomic E-state index is 0.315. The standard InChI is InChI=1S/C14H13BrFNO3S/c1-19-7-21-13(14(18)20-2)12-10(15)5-8-3-4-9(16)6-11(8)17-12/h3-6,13H,7H2,1-2H3. The molecule has 0 saturated carbocycles. The maximum Gasteiger partial charge on any atom is 0.325 e. The molecule has 2 aromatic rings. The van der Waals surface area contributed by atoms with Crippen LogP contribution in [0.5, 0.6) is 0 Å². The average Bonchev–Trinajstić information content (AvgIpc) is 2.48. The first-order valence-electron chi connectivity index (χ1n) is 6.01. The lowest BCUT2D eigenvalue weighted by Crippen LogP contribution is -2.14. The fraction of sp³-hybridized carbons (Fsp3) is 0.286. The van der Waals surface area contributed by atoms with Crippen LogP contribution in [0.1, 0.15) is 10.9 Å². The van der Waals surface area contributed by atoms with Crippen LogP contribution in [0.2, 0.25) is 0 Å². The number of carbonyl (C=O) groups excluding carboxylic acids is 1. The van der Waals surface area contributed by atoms with Crippen LogP contribution in [-0.2, 0) is 14.3 Å². The van der Waals surface area contributed by atoms with Gasteiger partial charge >= 0.3 is 5.97 Å². The maximum absolute atomic E-state index is 13.3. The summed E-state index contributed by atoms with van der Waals surface area (Å²) < 4.78 is 23.8. The van der Waals surface area contributed by atoms with Crippen molar-refractivity contribution >= 4 is 44.6 Å². The second kappa shape index (κ2) is 7.20. The molecule has 0 aliphatic carbocycles. The average molecular weight is 374 g/mol. The Kier molecular flexibility index (Phi) is 5.55. The molecule has 0 saturated heterocycles. The van der Waals surface area contributed by atoms with Gasteiger partial charge in [-0.2, -0.15) is 0 Å². The van der Waals surface area contributed by atoms with Crippen LogP contribution in [0, 0.1) is 5.82 Å². The third-order valence-electron chi connectivity index (χ3n) is 2.78. The molecule has 0 bridgehead atoms. The van der Waals surface area contributed by atoms with Crippen molar-refractivity contribution < 1.29 is 18.7 Å². The Morgan fingerprint density at radius 3 is 2.86 bits per heavy atom. The molecule has 0 amide bonds. The Hall–Kier alpha value is -1.18. The minimum Gasteiger partial charge on any atom is -0.468 e. The van der Waals surface area contributed by atoms with E-state index >= 15 is 0 Å². The molecular formula is C14H13BrFNO3S. The number of fused-ring (bicyclic) bond motifs is 1. The highest BCUT2D eigenvalue weighted by atomic mass is 79.9. The van der Waals surface area contributed by atoms with Gasteiger partial charge in [0.05, 0.1) is 24.3 Å². The minimum atomic E-state index is -0.642. The molecule has 0 aliphatic rings. The quantitative estimate of drug-likeness (QED) is 0.590. The number of aromatic nitrogens is 1. The van der Waals surface area contributed by atoms with Crippen molar-refractivity contribution in [3.05, 3.63) is 40.2 Å². The molecule has 1 heterocycles. The summed E-state index contributed by atoms with van der Waals surface area (Å²) in [5, 5.41) is 0.143. The maximum atomic E-state index is 13.3. The number of carbonyl (C=O) groups is 1. The lowest BCUT2D eigenvalue weighted by atomic mass is 10.1. The first-order valence-corrected chi connectivity index (χ1v) is 7.85. The predicted molar refractivity (Wildman–Crippen MR) is 83.6 cm³/mol. The second-order valence-corrected chi connectivity index (χ2v) is 6.06. The molecule has 0 radical (unpaired) electrons. The summed E-state index contributed by atoms with van der Waals surface area (Å²) in [6, 6.07) is 6.15. The summed E-state index contributed by atoms with van der Waals surface area (Å²) in [5.41, 5.74) is 0.974. The van der Waals surface area contributed by atoms with Gasteiger partial charge < -0.3 is 9.47 Å². The van der Waals surface area contributed by atoms with Crippen molar-refractivity contribution in [2.45, 2.75) is 5.25 Å². The zero-order valence-corrected chi connectivity index (χ0v) is 13.8. The van der Waals surface area contributed by atoms with Gasteiger partial charge in [-0.15, -0.1) is 11.8 Å². The molecule has 21 heavy (non-hydrogen) atoms. The summed E-state index contributed by atoms with van der Waals surface area (Å²) in [6.07, 6.45) is 0. The zero-order chi connectivity index (χ0) is 15.4. The number of thioether (sulfide) groups is 1. The van der Waals surface area contributed by atoms with E-state index in [2.05, 4.69) is 20.9 Å². The topological polar surface area (TPSA) is 48.4 Å². The molecule has 1 aromatic carbocycles. The number of esters is 1. The number of hydrogen-bond donors (Lipinski definition) is 0. The van der Waals surface area contributed by atoms with Crippen LogP contribution < -0.4 is 0 Å². The lowest BCUT2D eigenvalue weighted by molar-refractivity contribution is -0.140. The molecule has 4 nitrogen and oxygen atoms in total. The van der Waals surface area contributed by atoms with Crippen LogP contribution in [0.25, 0.3) is 10.9 Å². The molecule has 1 atom stereocenters. The first kappa shape index (κ1) is 16.2. The second-order valence-electron chi connectivity index (χ2n) is 4.17. The zero-order valence-electron chi connectivity index (χ0n) is 11.4. The first-order chi connectivity index (χ1) is 10.1. The number of methoxy groups -OCH3 is 2. The van der Waals surface area contributed by atoms with E-state index in [-0.39, 0.29) is 5.82 Å². The normalized spacial score (nSPS) is 12.4. The van der Waals surface area contributed by atoms with Crippen LogP contribution in [0.4, 0.5) is 4.39 Å². The van der Waals surface area contributed by atoms with Gasteiger partial charge in [-0.25, -0.2) is 9.37 Å². The summed E-state index contributed by atoms with van der Waals surface area (Å²) >= 11 is 4.66. The molecule has 1 unspecified atom stereocenters. The third kappa shape index (κ3) is 3.72. The van der Waals surface area contributed by atoms with Crippen molar-refractivity contribution in [3.63, 3.8) is 0 Å². The largest absolute Gasteiger partial charge is 0.468 e. The molecule has 0 spiro atoms. The molecule has 1 aromatic heterocycles. The number of rotatable bonds is 5. The lowest BCUT2D eigenvalue weighted by Gasteiger charge is -2.15. The third-order valence-corrected chi connectivity index (χ3v) is 4.53. The van der Waals surface area contributed by atoms with Crippen molar-refractivity contribution in [3.8, 4) is 0 Å². The molecular weight excluding hydrogens is 361 g/mol. The molecule has 2 rings (SSSR count). The van der Waals surface area contributed by atoms with E-state index in [4.69, 9.17) is 9.47 Å². The van der Waals surface area contributed by atoms with Gasteiger partial charge in [-0.3, -0.25) is 4.79 Å². The van der Waals surface area contributed by atoms with Crippen LogP contribution in [0.3, 0.4) is 0 Å². The van der Waals surface area contributed by atoms with Gasteiger partial charge in [0.25, 0.3) is 0 Å². The predicted octanol–water partition coefficient (Wildman–Crippen LogP) is 3.69. The summed E-state index contributed by atoms with van der Waals surface area (Å²) in [7, 11) is 2.86. The van der Waals surface area contributed by atoms with Crippen molar-refractivity contribution in [1.29, 1.82) is 0 Å².